The third kappa shape index (κ3) is 7.43. The predicted octanol–water partition coefficient (Wildman–Crippen LogP) is 5.89. The highest BCUT2D eigenvalue weighted by molar-refractivity contribution is 7.89. The maximum atomic E-state index is 14.0. The Balaban J connectivity index is 1.69. The van der Waals surface area contributed by atoms with Crippen LogP contribution in [-0.2, 0) is 29.7 Å². The van der Waals surface area contributed by atoms with Gasteiger partial charge in [0.1, 0.15) is 11.7 Å². The van der Waals surface area contributed by atoms with Crippen molar-refractivity contribution in [2.45, 2.75) is 70.2 Å². The van der Waals surface area contributed by atoms with E-state index in [4.69, 9.17) is 4.84 Å². The zero-order chi connectivity index (χ0) is 36.7. The first-order chi connectivity index (χ1) is 23.4. The number of amides is 1. The van der Waals surface area contributed by atoms with Gasteiger partial charge in [-0.15, -0.1) is 4.91 Å². The molecule has 2 heterocycles. The molecule has 14 nitrogen and oxygen atoms in total. The number of piperidine rings is 2. The van der Waals surface area contributed by atoms with Gasteiger partial charge >= 0.3 is 12.1 Å². The fourth-order valence-electron chi connectivity index (χ4n) is 7.36. The number of aliphatic carboxylic acids is 1. The molecule has 0 radical (unpaired) electrons. The lowest BCUT2D eigenvalue weighted by Crippen LogP contribution is -2.45. The molecule has 1 amide bonds. The number of nitrogens with one attached hydrogen (secondary N) is 2. The van der Waals surface area contributed by atoms with Gasteiger partial charge in [0.05, 0.1) is 15.5 Å². The minimum atomic E-state index is -4.02. The van der Waals surface area contributed by atoms with Gasteiger partial charge < -0.3 is 15.3 Å². The SMILES string of the molecule is CC(C)C(NC(=O)ONc1c2cc(S(=O)(=O)N3C[C@H](C)C[C@H](C)C3)ccc2c(N=O)c2ccc(S(=O)(=O)N3C[C@H](C)C[C@H](C)C3)cc12)C(=O)O. The highest BCUT2D eigenvalue weighted by Gasteiger charge is 2.34. The number of sulfonamides is 2. The molecule has 3 aromatic carbocycles. The number of carbonyl (C=O) groups excluding carboxylic acids is 1. The van der Waals surface area contributed by atoms with Gasteiger partial charge in [0.25, 0.3) is 0 Å². The first kappa shape index (κ1) is 37.4. The van der Waals surface area contributed by atoms with E-state index in [-0.39, 0.29) is 66.4 Å². The van der Waals surface area contributed by atoms with Crippen LogP contribution in [0.4, 0.5) is 16.2 Å². The number of carboxylic acid groups (broad SMARTS) is 1. The Labute approximate surface area is 292 Å². The quantitative estimate of drug-likeness (QED) is 0.129. The molecule has 2 fully saturated rings. The number of rotatable bonds is 10. The van der Waals surface area contributed by atoms with Crippen LogP contribution in [0.1, 0.15) is 54.4 Å². The number of anilines is 1. The summed E-state index contributed by atoms with van der Waals surface area (Å²) in [6.07, 6.45) is 0.625. The largest absolute Gasteiger partial charge is 0.480 e. The van der Waals surface area contributed by atoms with Crippen LogP contribution >= 0.6 is 0 Å². The summed E-state index contributed by atoms with van der Waals surface area (Å²) in [7, 11) is -8.05. The van der Waals surface area contributed by atoms with Gasteiger partial charge in [-0.1, -0.05) is 53.7 Å². The third-order valence-electron chi connectivity index (χ3n) is 9.52. The molecular formula is C34H45N5O9S2. The Morgan fingerprint density at radius 1 is 0.780 bits per heavy atom. The summed E-state index contributed by atoms with van der Waals surface area (Å²) in [5.41, 5.74) is 2.47. The second-order valence-corrected chi connectivity index (χ2v) is 18.3. The van der Waals surface area contributed by atoms with E-state index in [0.29, 0.717) is 26.2 Å². The van der Waals surface area contributed by atoms with E-state index in [9.17, 15) is 36.4 Å². The molecule has 16 heteroatoms. The Morgan fingerprint density at radius 2 is 1.20 bits per heavy atom. The highest BCUT2D eigenvalue weighted by atomic mass is 32.2. The van der Waals surface area contributed by atoms with E-state index >= 15 is 0 Å². The van der Waals surface area contributed by atoms with Gasteiger partial charge in [-0.3, -0.25) is 0 Å². The molecule has 50 heavy (non-hydrogen) atoms. The normalized spacial score (nSPS) is 23.1. The maximum Gasteiger partial charge on any atom is 0.432 e. The van der Waals surface area contributed by atoms with Gasteiger partial charge in [0, 0.05) is 47.7 Å². The summed E-state index contributed by atoms with van der Waals surface area (Å²) in [6, 6.07) is 7.07. The predicted molar refractivity (Wildman–Crippen MR) is 190 cm³/mol. The average Bonchev–Trinajstić information content (AvgIpc) is 3.03. The summed E-state index contributed by atoms with van der Waals surface area (Å²) in [5.74, 6) is -1.21. The fraction of sp³-hybridized carbons (Fsp3) is 0.529. The molecule has 5 rings (SSSR count). The number of fused-ring (bicyclic) bond motifs is 2. The average molecular weight is 732 g/mol. The van der Waals surface area contributed by atoms with Crippen molar-refractivity contribution in [3.63, 3.8) is 0 Å². The monoisotopic (exact) mass is 731 g/mol. The molecule has 0 spiro atoms. The van der Waals surface area contributed by atoms with Crippen LogP contribution in [0, 0.1) is 34.5 Å². The minimum absolute atomic E-state index is 0.0103. The molecule has 2 aliphatic heterocycles. The molecule has 0 aromatic heterocycles. The van der Waals surface area contributed by atoms with E-state index in [1.165, 1.54) is 45.0 Å². The number of hydrogen-bond donors (Lipinski definition) is 3. The second kappa shape index (κ2) is 14.4. The van der Waals surface area contributed by atoms with Crippen molar-refractivity contribution in [3.05, 3.63) is 41.3 Å². The molecule has 5 atom stereocenters. The molecule has 272 valence electrons. The standard InChI is InChI=1S/C34H45N5O9S2/c1-19(2)30(33(40)41)35-34(42)48-37-32-28-13-24(49(44,45)38-15-20(3)11-21(4)16-38)7-9-26(28)31(36-43)27-10-8-25(14-29(27)32)50(46,47)39-17-22(5)12-23(6)18-39/h7-10,13-14,19-23,30,37H,11-12,15-18H2,1-6H3,(H,35,42)(H,40,41)/t20-,21+,22-,23+,30?. The molecule has 3 N–H and O–H groups in total. The Kier molecular flexibility index (Phi) is 10.8. The maximum absolute atomic E-state index is 14.0. The number of nitrogens with zero attached hydrogens (tertiary/aromatic N) is 3. The first-order valence-electron chi connectivity index (χ1n) is 16.8. The van der Waals surface area contributed by atoms with Crippen LogP contribution < -0.4 is 10.8 Å². The summed E-state index contributed by atoms with van der Waals surface area (Å²) < 4.78 is 58.7. The summed E-state index contributed by atoms with van der Waals surface area (Å²) >= 11 is 0. The van der Waals surface area contributed by atoms with Crippen molar-refractivity contribution in [1.29, 1.82) is 0 Å². The van der Waals surface area contributed by atoms with E-state index in [2.05, 4.69) is 16.0 Å². The van der Waals surface area contributed by atoms with Crippen LogP contribution in [0.25, 0.3) is 21.5 Å². The van der Waals surface area contributed by atoms with Crippen LogP contribution in [-0.4, -0.2) is 74.8 Å². The van der Waals surface area contributed by atoms with E-state index in [1.54, 1.807) is 13.8 Å². The van der Waals surface area contributed by atoms with E-state index in [0.717, 1.165) is 12.8 Å². The molecule has 3 aromatic rings. The molecule has 2 saturated heterocycles. The van der Waals surface area contributed by atoms with Crippen molar-refractivity contribution in [3.8, 4) is 0 Å². The smallest absolute Gasteiger partial charge is 0.432 e. The molecule has 0 bridgehead atoms. The van der Waals surface area contributed by atoms with Crippen LogP contribution in [0.5, 0.6) is 0 Å². The zero-order valence-electron chi connectivity index (χ0n) is 29.0. The topological polar surface area (TPSA) is 192 Å². The Bertz CT molecular complexity index is 1900. The number of hydrogen-bond acceptors (Lipinski definition) is 10. The third-order valence-corrected chi connectivity index (χ3v) is 13.2. The van der Waals surface area contributed by atoms with E-state index < -0.39 is 44.1 Å². The summed E-state index contributed by atoms with van der Waals surface area (Å²) in [6.45, 7) is 12.5. The first-order valence-corrected chi connectivity index (χ1v) is 19.6. The van der Waals surface area contributed by atoms with Crippen LogP contribution in [0.15, 0.2) is 51.4 Å². The van der Waals surface area contributed by atoms with Crippen LogP contribution in [0.3, 0.4) is 0 Å². The second-order valence-electron chi connectivity index (χ2n) is 14.5. The van der Waals surface area contributed by atoms with Gasteiger partial charge in [-0.05, 0) is 71.9 Å². The molecule has 2 aliphatic rings. The van der Waals surface area contributed by atoms with Gasteiger partial charge in [0.2, 0.25) is 20.0 Å². The lowest BCUT2D eigenvalue weighted by Gasteiger charge is -2.34. The molecule has 1 unspecified atom stereocenters. The molecular weight excluding hydrogens is 687 g/mol. The summed E-state index contributed by atoms with van der Waals surface area (Å²) in [4.78, 5) is 42.1. The zero-order valence-corrected chi connectivity index (χ0v) is 30.7. The van der Waals surface area contributed by atoms with Gasteiger partial charge in [-0.25, -0.2) is 31.9 Å². The molecule has 0 saturated carbocycles. The Morgan fingerprint density at radius 3 is 1.56 bits per heavy atom. The number of nitroso groups, excluding NO2 is 1. The summed E-state index contributed by atoms with van der Waals surface area (Å²) in [5, 5.41) is 15.8. The fourth-order valence-corrected chi connectivity index (χ4v) is 10.8. The van der Waals surface area contributed by atoms with Crippen molar-refractivity contribution in [2.24, 2.45) is 34.8 Å². The minimum Gasteiger partial charge on any atom is -0.480 e. The van der Waals surface area contributed by atoms with Gasteiger partial charge in [-0.2, -0.15) is 8.61 Å². The van der Waals surface area contributed by atoms with Crippen molar-refractivity contribution >= 4 is 65.0 Å². The number of benzene rings is 3. The van der Waals surface area contributed by atoms with Crippen LogP contribution in [0.2, 0.25) is 0 Å². The number of carboxylic acids is 1. The number of carbonyl (C=O) groups is 2. The Hall–Kier alpha value is -3.86. The van der Waals surface area contributed by atoms with Crippen molar-refractivity contribution in [2.75, 3.05) is 31.7 Å². The highest BCUT2D eigenvalue weighted by Crippen LogP contribution is 2.44. The molecule has 0 aliphatic carbocycles. The van der Waals surface area contributed by atoms with Gasteiger partial charge in [0.15, 0.2) is 0 Å². The van der Waals surface area contributed by atoms with E-state index in [1.807, 2.05) is 27.7 Å². The lowest BCUT2D eigenvalue weighted by molar-refractivity contribution is -0.140. The lowest BCUT2D eigenvalue weighted by atomic mass is 9.94. The van der Waals surface area contributed by atoms with Crippen molar-refractivity contribution in [1.82, 2.24) is 13.9 Å². The van der Waals surface area contributed by atoms with Crippen molar-refractivity contribution < 1.29 is 36.4 Å².